The lowest BCUT2D eigenvalue weighted by Gasteiger charge is -2.24. The van der Waals surface area contributed by atoms with Crippen LogP contribution in [0.5, 0.6) is 0 Å². The number of carbonyl (C=O) groups is 1. The molecule has 1 atom stereocenters. The molecule has 1 aliphatic rings. The van der Waals surface area contributed by atoms with Crippen LogP contribution in [-0.4, -0.2) is 61.6 Å². The summed E-state index contributed by atoms with van der Waals surface area (Å²) in [5.41, 5.74) is 0.372. The summed E-state index contributed by atoms with van der Waals surface area (Å²) in [5.74, 6) is -1.55. The van der Waals surface area contributed by atoms with E-state index in [4.69, 9.17) is 4.98 Å². The number of aromatic nitrogens is 4. The first-order valence-corrected chi connectivity index (χ1v) is 13.9. The average molecular weight is 580 g/mol. The van der Waals surface area contributed by atoms with Crippen molar-refractivity contribution in [2.24, 2.45) is 7.05 Å². The number of aliphatic hydroxyl groups is 1. The molecule has 222 valence electrons. The molecule has 12 heteroatoms. The van der Waals surface area contributed by atoms with E-state index in [1.54, 1.807) is 19.9 Å². The van der Waals surface area contributed by atoms with E-state index in [-0.39, 0.29) is 17.7 Å². The van der Waals surface area contributed by atoms with Gasteiger partial charge in [0.2, 0.25) is 0 Å². The number of carbonyl (C=O) groups excluding carboxylic acids is 1. The van der Waals surface area contributed by atoms with E-state index in [0.29, 0.717) is 30.0 Å². The number of aryl methyl sites for hydroxylation is 1. The van der Waals surface area contributed by atoms with E-state index in [0.717, 1.165) is 47.2 Å². The summed E-state index contributed by atoms with van der Waals surface area (Å²) in [6, 6.07) is 9.27. The molecule has 0 bridgehead atoms. The lowest BCUT2D eigenvalue weighted by atomic mass is 10.1. The van der Waals surface area contributed by atoms with Gasteiger partial charge in [-0.05, 0) is 50.6 Å². The third-order valence-electron chi connectivity index (χ3n) is 7.34. The molecule has 1 aliphatic heterocycles. The second kappa shape index (κ2) is 11.3. The highest BCUT2D eigenvalue weighted by molar-refractivity contribution is 6.08. The fraction of sp³-hybridized carbons (Fsp3) is 0.400. The summed E-state index contributed by atoms with van der Waals surface area (Å²) in [7, 11) is 1.96. The van der Waals surface area contributed by atoms with E-state index in [1.165, 1.54) is 12.1 Å². The normalized spacial score (nSPS) is 15.6. The molecule has 3 N–H and O–H groups in total. The van der Waals surface area contributed by atoms with Gasteiger partial charge in [-0.1, -0.05) is 19.9 Å². The van der Waals surface area contributed by atoms with Gasteiger partial charge in [0, 0.05) is 44.7 Å². The first-order valence-electron chi connectivity index (χ1n) is 13.9. The lowest BCUT2D eigenvalue weighted by Crippen LogP contribution is -2.42. The summed E-state index contributed by atoms with van der Waals surface area (Å²) < 4.78 is 31.5. The van der Waals surface area contributed by atoms with Crippen molar-refractivity contribution in [1.82, 2.24) is 24.6 Å². The fourth-order valence-electron chi connectivity index (χ4n) is 5.29. The number of nitrogens with one attached hydrogen (secondary N) is 2. The molecule has 1 amide bonds. The Hall–Kier alpha value is -4.16. The molecule has 42 heavy (non-hydrogen) atoms. The number of hydrogen-bond donors (Lipinski definition) is 3. The first kappa shape index (κ1) is 29.3. The van der Waals surface area contributed by atoms with Crippen LogP contribution in [0.2, 0.25) is 0 Å². The number of hydrogen-bond acceptors (Lipinski definition) is 7. The number of para-hydroxylation sites is 1. The zero-order valence-corrected chi connectivity index (χ0v) is 24.3. The maximum atomic E-state index is 14.4. The van der Waals surface area contributed by atoms with Crippen LogP contribution in [-0.2, 0) is 7.05 Å². The van der Waals surface area contributed by atoms with Crippen molar-refractivity contribution < 1.29 is 18.7 Å². The van der Waals surface area contributed by atoms with Gasteiger partial charge in [-0.15, -0.1) is 0 Å². The second-order valence-corrected chi connectivity index (χ2v) is 11.6. The quantitative estimate of drug-likeness (QED) is 0.291. The predicted molar refractivity (Wildman–Crippen MR) is 157 cm³/mol. The molecular formula is C30H35F2N7O3. The number of benzene rings is 2. The highest BCUT2D eigenvalue weighted by atomic mass is 19.1. The van der Waals surface area contributed by atoms with E-state index in [9.17, 15) is 23.5 Å². The molecule has 0 radical (unpaired) electrons. The Morgan fingerprint density at radius 3 is 2.50 bits per heavy atom. The van der Waals surface area contributed by atoms with Crippen LogP contribution in [0.4, 0.5) is 20.2 Å². The highest BCUT2D eigenvalue weighted by Crippen LogP contribution is 2.37. The standard InChI is InChI=1S/C30H35F2N7O3/c1-17(2)28-35-25-23(37(28)5)11-9-21(27(25)38-14-13-18(15-38)33-16-30(3,4)42)34-29(41)22-10-12-24(40)39(36-22)26-19(31)7-6-8-20(26)32/h6-12,17-18,33,42H,13-16H2,1-5H3,(H,34,41)/t18-/m1/s1. The fourth-order valence-corrected chi connectivity index (χ4v) is 5.29. The van der Waals surface area contributed by atoms with E-state index in [1.807, 2.05) is 17.7 Å². The molecule has 0 unspecified atom stereocenters. The van der Waals surface area contributed by atoms with Gasteiger partial charge >= 0.3 is 0 Å². The van der Waals surface area contributed by atoms with Crippen molar-refractivity contribution in [3.05, 3.63) is 76.0 Å². The number of amides is 1. The Morgan fingerprint density at radius 1 is 1.12 bits per heavy atom. The molecule has 10 nitrogen and oxygen atoms in total. The minimum absolute atomic E-state index is 0.115. The molecule has 0 spiro atoms. The smallest absolute Gasteiger partial charge is 0.276 e. The van der Waals surface area contributed by atoms with Crippen molar-refractivity contribution in [2.75, 3.05) is 29.9 Å². The molecule has 0 aliphatic carbocycles. The number of nitrogens with zero attached hydrogens (tertiary/aromatic N) is 5. The number of rotatable bonds is 8. The van der Waals surface area contributed by atoms with Crippen LogP contribution in [0.15, 0.2) is 47.3 Å². The Labute approximate surface area is 242 Å². The Bertz CT molecular complexity index is 1690. The van der Waals surface area contributed by atoms with Crippen LogP contribution in [0.1, 0.15) is 56.3 Å². The molecular weight excluding hydrogens is 544 g/mol. The SMILES string of the molecule is CC(C)c1nc2c(N3CC[C@@H](NCC(C)(C)O)C3)c(NC(=O)c3ccc(=O)n(-c4c(F)cccc4F)n3)ccc2n1C. The predicted octanol–water partition coefficient (Wildman–Crippen LogP) is 3.71. The number of imidazole rings is 1. The number of fused-ring (bicyclic) bond motifs is 1. The average Bonchev–Trinajstić information content (AvgIpc) is 3.52. The van der Waals surface area contributed by atoms with Crippen LogP contribution >= 0.6 is 0 Å². The Kier molecular flexibility index (Phi) is 7.86. The summed E-state index contributed by atoms with van der Waals surface area (Å²) in [6.07, 6.45) is 0.824. The minimum Gasteiger partial charge on any atom is -0.389 e. The molecule has 2 aromatic heterocycles. The van der Waals surface area contributed by atoms with Gasteiger partial charge in [0.05, 0.1) is 22.5 Å². The molecule has 3 heterocycles. The molecule has 5 rings (SSSR count). The van der Waals surface area contributed by atoms with Crippen LogP contribution in [0.25, 0.3) is 16.7 Å². The van der Waals surface area contributed by atoms with E-state index in [2.05, 4.69) is 34.5 Å². The number of anilines is 2. The van der Waals surface area contributed by atoms with Gasteiger partial charge < -0.3 is 25.2 Å². The van der Waals surface area contributed by atoms with Gasteiger partial charge in [0.15, 0.2) is 11.6 Å². The van der Waals surface area contributed by atoms with Crippen molar-refractivity contribution in [2.45, 2.75) is 51.7 Å². The third-order valence-corrected chi connectivity index (χ3v) is 7.34. The van der Waals surface area contributed by atoms with Crippen molar-refractivity contribution in [1.29, 1.82) is 0 Å². The summed E-state index contributed by atoms with van der Waals surface area (Å²) >= 11 is 0. The molecule has 2 aromatic carbocycles. The van der Waals surface area contributed by atoms with E-state index < -0.39 is 34.4 Å². The molecule has 4 aromatic rings. The zero-order valence-electron chi connectivity index (χ0n) is 24.3. The monoisotopic (exact) mass is 579 g/mol. The van der Waals surface area contributed by atoms with Crippen molar-refractivity contribution >= 4 is 28.3 Å². The van der Waals surface area contributed by atoms with Gasteiger partial charge in [-0.2, -0.15) is 9.78 Å². The maximum absolute atomic E-state index is 14.4. The summed E-state index contributed by atoms with van der Waals surface area (Å²) in [5, 5.41) is 20.5. The maximum Gasteiger partial charge on any atom is 0.276 e. The molecule has 1 fully saturated rings. The van der Waals surface area contributed by atoms with Crippen molar-refractivity contribution in [3.63, 3.8) is 0 Å². The van der Waals surface area contributed by atoms with Gasteiger partial charge in [0.25, 0.3) is 11.5 Å². The van der Waals surface area contributed by atoms with Gasteiger partial charge in [-0.25, -0.2) is 13.8 Å². The van der Waals surface area contributed by atoms with Gasteiger partial charge in [0.1, 0.15) is 22.7 Å². The van der Waals surface area contributed by atoms with E-state index >= 15 is 0 Å². The van der Waals surface area contributed by atoms with Crippen LogP contribution in [0, 0.1) is 11.6 Å². The van der Waals surface area contributed by atoms with Crippen LogP contribution in [0.3, 0.4) is 0 Å². The molecule has 1 saturated heterocycles. The topological polar surface area (TPSA) is 117 Å². The Morgan fingerprint density at radius 2 is 1.83 bits per heavy atom. The Balaban J connectivity index is 1.52. The van der Waals surface area contributed by atoms with Gasteiger partial charge in [-0.3, -0.25) is 9.59 Å². The van der Waals surface area contributed by atoms with Crippen molar-refractivity contribution in [3.8, 4) is 5.69 Å². The summed E-state index contributed by atoms with van der Waals surface area (Å²) in [6.45, 7) is 9.38. The highest BCUT2D eigenvalue weighted by Gasteiger charge is 2.29. The summed E-state index contributed by atoms with van der Waals surface area (Å²) in [4.78, 5) is 33.1. The zero-order chi connectivity index (χ0) is 30.3. The third kappa shape index (κ3) is 5.77. The first-order chi connectivity index (χ1) is 19.8. The molecule has 0 saturated carbocycles. The largest absolute Gasteiger partial charge is 0.389 e. The number of halogens is 2. The van der Waals surface area contributed by atoms with Crippen LogP contribution < -0.4 is 21.1 Å². The minimum atomic E-state index is -0.979. The lowest BCUT2D eigenvalue weighted by molar-refractivity contribution is 0.0771. The second-order valence-electron chi connectivity index (χ2n) is 11.6.